The molecule has 0 fully saturated rings. The molecule has 2 N–H and O–H groups in total. The van der Waals surface area contributed by atoms with Gasteiger partial charge >= 0.3 is 6.03 Å². The fraction of sp³-hybridized carbons (Fsp3) is 0.500. The quantitative estimate of drug-likeness (QED) is 0.859. The number of urea groups is 1. The smallest absolute Gasteiger partial charge is 0.317 e. The molecule has 2 amide bonds. The summed E-state index contributed by atoms with van der Waals surface area (Å²) in [5.74, 6) is -0.324. The SMILES string of the molecule is CCN(CC(C)(C)O)C(=O)NCc1cccc(F)c1. The lowest BCUT2D eigenvalue weighted by Gasteiger charge is -2.28. The van der Waals surface area contributed by atoms with E-state index in [0.29, 0.717) is 12.1 Å². The fourth-order valence-corrected chi connectivity index (χ4v) is 1.73. The average Bonchev–Trinajstić information content (AvgIpc) is 2.32. The Balaban J connectivity index is 2.54. The van der Waals surface area contributed by atoms with Crippen molar-refractivity contribution in [3.05, 3.63) is 35.6 Å². The molecule has 0 aromatic heterocycles. The van der Waals surface area contributed by atoms with Gasteiger partial charge < -0.3 is 15.3 Å². The highest BCUT2D eigenvalue weighted by molar-refractivity contribution is 5.74. The Morgan fingerprint density at radius 2 is 2.16 bits per heavy atom. The molecule has 106 valence electrons. The molecule has 1 aromatic carbocycles. The summed E-state index contributed by atoms with van der Waals surface area (Å²) in [5, 5.41) is 12.4. The second-order valence-corrected chi connectivity index (χ2v) is 5.12. The molecule has 0 saturated heterocycles. The number of likely N-dealkylation sites (N-methyl/N-ethyl adjacent to an activating group) is 1. The second kappa shape index (κ2) is 6.52. The van der Waals surface area contributed by atoms with Crippen LogP contribution in [0.5, 0.6) is 0 Å². The van der Waals surface area contributed by atoms with Crippen LogP contribution in [0.2, 0.25) is 0 Å². The number of hydrogen-bond acceptors (Lipinski definition) is 2. The maximum atomic E-state index is 13.0. The minimum atomic E-state index is -0.938. The van der Waals surface area contributed by atoms with E-state index in [1.54, 1.807) is 26.0 Å². The molecule has 0 aliphatic carbocycles. The van der Waals surface area contributed by atoms with E-state index in [1.165, 1.54) is 17.0 Å². The van der Waals surface area contributed by atoms with Crippen LogP contribution in [-0.2, 0) is 6.54 Å². The van der Waals surface area contributed by atoms with Crippen LogP contribution in [0.1, 0.15) is 26.3 Å². The Hall–Kier alpha value is -1.62. The van der Waals surface area contributed by atoms with Gasteiger partial charge in [0.05, 0.1) is 12.1 Å². The molecular weight excluding hydrogens is 247 g/mol. The van der Waals surface area contributed by atoms with Crippen LogP contribution < -0.4 is 5.32 Å². The third-order valence-corrected chi connectivity index (χ3v) is 2.58. The molecule has 1 rings (SSSR count). The molecule has 0 heterocycles. The van der Waals surface area contributed by atoms with Crippen LogP contribution >= 0.6 is 0 Å². The molecule has 19 heavy (non-hydrogen) atoms. The molecule has 0 radical (unpaired) electrons. The van der Waals surface area contributed by atoms with Crippen molar-refractivity contribution in [2.24, 2.45) is 0 Å². The number of carbonyl (C=O) groups is 1. The molecule has 0 spiro atoms. The average molecular weight is 268 g/mol. The lowest BCUT2D eigenvalue weighted by Crippen LogP contribution is -2.46. The number of carbonyl (C=O) groups excluding carboxylic acids is 1. The molecule has 4 nitrogen and oxygen atoms in total. The van der Waals surface area contributed by atoms with Crippen molar-refractivity contribution in [1.82, 2.24) is 10.2 Å². The number of aliphatic hydroxyl groups is 1. The predicted molar refractivity (Wildman–Crippen MR) is 72.2 cm³/mol. The first-order valence-electron chi connectivity index (χ1n) is 6.31. The van der Waals surface area contributed by atoms with Crippen LogP contribution in [-0.4, -0.2) is 34.7 Å². The van der Waals surface area contributed by atoms with Gasteiger partial charge in [0.15, 0.2) is 0 Å². The molecule has 0 atom stereocenters. The maximum absolute atomic E-state index is 13.0. The van der Waals surface area contributed by atoms with Gasteiger partial charge in [-0.25, -0.2) is 9.18 Å². The summed E-state index contributed by atoms with van der Waals surface area (Å²) in [6, 6.07) is 5.82. The zero-order chi connectivity index (χ0) is 14.5. The summed E-state index contributed by atoms with van der Waals surface area (Å²) in [7, 11) is 0. The maximum Gasteiger partial charge on any atom is 0.317 e. The van der Waals surface area contributed by atoms with Gasteiger partial charge in [-0.05, 0) is 38.5 Å². The highest BCUT2D eigenvalue weighted by Gasteiger charge is 2.20. The van der Waals surface area contributed by atoms with E-state index in [9.17, 15) is 14.3 Å². The van der Waals surface area contributed by atoms with E-state index in [2.05, 4.69) is 5.32 Å². The van der Waals surface area contributed by atoms with E-state index in [-0.39, 0.29) is 24.9 Å². The number of amides is 2. The van der Waals surface area contributed by atoms with Crippen LogP contribution in [0.3, 0.4) is 0 Å². The number of hydrogen-bond donors (Lipinski definition) is 2. The van der Waals surface area contributed by atoms with Crippen molar-refractivity contribution < 1.29 is 14.3 Å². The van der Waals surface area contributed by atoms with Crippen molar-refractivity contribution in [2.45, 2.75) is 32.9 Å². The minimum absolute atomic E-state index is 0.248. The van der Waals surface area contributed by atoms with Crippen LogP contribution in [0, 0.1) is 5.82 Å². The molecule has 1 aromatic rings. The van der Waals surface area contributed by atoms with Crippen LogP contribution in [0.15, 0.2) is 24.3 Å². The molecule has 0 saturated carbocycles. The Morgan fingerprint density at radius 1 is 1.47 bits per heavy atom. The van der Waals surface area contributed by atoms with Crippen molar-refractivity contribution >= 4 is 6.03 Å². The molecular formula is C14H21FN2O2. The Kier molecular flexibility index (Phi) is 5.30. The summed E-state index contributed by atoms with van der Waals surface area (Å²) < 4.78 is 13.0. The molecule has 5 heteroatoms. The zero-order valence-corrected chi connectivity index (χ0v) is 11.6. The van der Waals surface area contributed by atoms with Crippen molar-refractivity contribution in [3.63, 3.8) is 0 Å². The summed E-state index contributed by atoms with van der Waals surface area (Å²) in [5.41, 5.74) is -0.237. The van der Waals surface area contributed by atoms with Gasteiger partial charge in [0.2, 0.25) is 0 Å². The monoisotopic (exact) mass is 268 g/mol. The summed E-state index contributed by atoms with van der Waals surface area (Å²) in [4.78, 5) is 13.4. The number of rotatable bonds is 5. The third kappa shape index (κ3) is 5.70. The van der Waals surface area contributed by atoms with Gasteiger partial charge in [-0.15, -0.1) is 0 Å². The highest BCUT2D eigenvalue weighted by Crippen LogP contribution is 2.06. The zero-order valence-electron chi connectivity index (χ0n) is 11.6. The van der Waals surface area contributed by atoms with E-state index >= 15 is 0 Å². The molecule has 0 aliphatic rings. The Labute approximate surface area is 113 Å². The Morgan fingerprint density at radius 3 is 2.68 bits per heavy atom. The predicted octanol–water partition coefficient (Wildman–Crippen LogP) is 2.13. The number of halogens is 1. The van der Waals surface area contributed by atoms with E-state index in [1.807, 2.05) is 6.92 Å². The van der Waals surface area contributed by atoms with Gasteiger partial charge in [-0.3, -0.25) is 0 Å². The van der Waals surface area contributed by atoms with Crippen molar-refractivity contribution in [2.75, 3.05) is 13.1 Å². The third-order valence-electron chi connectivity index (χ3n) is 2.58. The minimum Gasteiger partial charge on any atom is -0.389 e. The standard InChI is InChI=1S/C14H21FN2O2/c1-4-17(10-14(2,3)19)13(18)16-9-11-6-5-7-12(15)8-11/h5-8,19H,4,9-10H2,1-3H3,(H,16,18). The fourth-order valence-electron chi connectivity index (χ4n) is 1.73. The van der Waals surface area contributed by atoms with E-state index in [0.717, 1.165) is 0 Å². The molecule has 0 unspecified atom stereocenters. The van der Waals surface area contributed by atoms with Crippen LogP contribution in [0.4, 0.5) is 9.18 Å². The number of benzene rings is 1. The first kappa shape index (κ1) is 15.4. The lowest BCUT2D eigenvalue weighted by molar-refractivity contribution is 0.0480. The Bertz CT molecular complexity index is 430. The van der Waals surface area contributed by atoms with E-state index < -0.39 is 5.60 Å². The van der Waals surface area contributed by atoms with Crippen molar-refractivity contribution in [3.8, 4) is 0 Å². The van der Waals surface area contributed by atoms with E-state index in [4.69, 9.17) is 0 Å². The highest BCUT2D eigenvalue weighted by atomic mass is 19.1. The second-order valence-electron chi connectivity index (χ2n) is 5.12. The first-order chi connectivity index (χ1) is 8.81. The van der Waals surface area contributed by atoms with Gasteiger partial charge in [-0.2, -0.15) is 0 Å². The molecule has 0 bridgehead atoms. The molecule has 0 aliphatic heterocycles. The van der Waals surface area contributed by atoms with Crippen LogP contribution in [0.25, 0.3) is 0 Å². The largest absolute Gasteiger partial charge is 0.389 e. The topological polar surface area (TPSA) is 52.6 Å². The van der Waals surface area contributed by atoms with Gasteiger partial charge in [0.25, 0.3) is 0 Å². The number of nitrogens with zero attached hydrogens (tertiary/aromatic N) is 1. The number of nitrogens with one attached hydrogen (secondary N) is 1. The first-order valence-corrected chi connectivity index (χ1v) is 6.31. The normalized spacial score (nSPS) is 11.2. The lowest BCUT2D eigenvalue weighted by atomic mass is 10.1. The summed E-state index contributed by atoms with van der Waals surface area (Å²) >= 11 is 0. The van der Waals surface area contributed by atoms with Gasteiger partial charge in [0, 0.05) is 13.1 Å². The van der Waals surface area contributed by atoms with Gasteiger partial charge in [-0.1, -0.05) is 12.1 Å². The summed E-state index contributed by atoms with van der Waals surface area (Å²) in [6.45, 7) is 6.15. The van der Waals surface area contributed by atoms with Crippen molar-refractivity contribution in [1.29, 1.82) is 0 Å². The summed E-state index contributed by atoms with van der Waals surface area (Å²) in [6.07, 6.45) is 0. The van der Waals surface area contributed by atoms with Gasteiger partial charge in [0.1, 0.15) is 5.82 Å².